The summed E-state index contributed by atoms with van der Waals surface area (Å²) in [5.74, 6) is -7.46. The number of phenolic OH excluding ortho intramolecular Hbond substituents is 1. The summed E-state index contributed by atoms with van der Waals surface area (Å²) in [6.07, 6.45) is -2.07. The number of hydrogen-bond donors (Lipinski definition) is 8. The van der Waals surface area contributed by atoms with Gasteiger partial charge in [0.05, 0.1) is 12.5 Å². The second-order valence-electron chi connectivity index (χ2n) is 8.69. The number of carbonyl (C=O) groups excluding carboxylic acids is 3. The average molecular weight is 525 g/mol. The van der Waals surface area contributed by atoms with Crippen LogP contribution in [-0.2, 0) is 35.2 Å². The van der Waals surface area contributed by atoms with Crippen LogP contribution < -0.4 is 21.7 Å². The van der Waals surface area contributed by atoms with Gasteiger partial charge in [-0.05, 0) is 30.0 Å². The van der Waals surface area contributed by atoms with E-state index in [2.05, 4.69) is 16.0 Å². The molecule has 0 radical (unpaired) electrons. The summed E-state index contributed by atoms with van der Waals surface area (Å²) in [5.41, 5.74) is 6.19. The first kappa shape index (κ1) is 30.8. The van der Waals surface area contributed by atoms with Crippen molar-refractivity contribution in [3.05, 3.63) is 29.8 Å². The Morgan fingerprint density at radius 1 is 0.784 bits per heavy atom. The third-order valence-corrected chi connectivity index (χ3v) is 5.30. The molecule has 0 saturated heterocycles. The Hall–Kier alpha value is -4.20. The number of aliphatic carboxylic acids is 3. The van der Waals surface area contributed by atoms with Crippen LogP contribution in [0.15, 0.2) is 24.3 Å². The Morgan fingerprint density at radius 2 is 1.30 bits per heavy atom. The second-order valence-corrected chi connectivity index (χ2v) is 8.69. The van der Waals surface area contributed by atoms with Crippen LogP contribution in [0.4, 0.5) is 0 Å². The molecule has 14 nitrogen and oxygen atoms in total. The number of rotatable bonds is 15. The third kappa shape index (κ3) is 10.9. The van der Waals surface area contributed by atoms with E-state index in [9.17, 15) is 39.0 Å². The number of nitrogens with two attached hydrogens (primary N) is 1. The van der Waals surface area contributed by atoms with Gasteiger partial charge in [-0.3, -0.25) is 24.0 Å². The van der Waals surface area contributed by atoms with Gasteiger partial charge in [-0.1, -0.05) is 26.0 Å². The van der Waals surface area contributed by atoms with Gasteiger partial charge in [0.1, 0.15) is 23.9 Å². The van der Waals surface area contributed by atoms with Crippen molar-refractivity contribution in [3.8, 4) is 5.75 Å². The highest BCUT2D eigenvalue weighted by atomic mass is 16.4. The number of benzene rings is 1. The molecule has 4 unspecified atom stereocenters. The summed E-state index contributed by atoms with van der Waals surface area (Å²) in [7, 11) is 0. The zero-order valence-electron chi connectivity index (χ0n) is 20.3. The highest BCUT2D eigenvalue weighted by Gasteiger charge is 2.32. The fraction of sp³-hybridized carbons (Fsp3) is 0.478. The quantitative estimate of drug-likeness (QED) is 0.135. The first-order chi connectivity index (χ1) is 17.2. The summed E-state index contributed by atoms with van der Waals surface area (Å²) in [6.45, 7) is 3.28. The lowest BCUT2D eigenvalue weighted by molar-refractivity contribution is -0.143. The lowest BCUT2D eigenvalue weighted by Crippen LogP contribution is -2.58. The van der Waals surface area contributed by atoms with Gasteiger partial charge >= 0.3 is 17.9 Å². The fourth-order valence-electron chi connectivity index (χ4n) is 3.10. The van der Waals surface area contributed by atoms with Crippen molar-refractivity contribution in [2.45, 2.75) is 63.7 Å². The number of phenols is 1. The molecule has 37 heavy (non-hydrogen) atoms. The smallest absolute Gasteiger partial charge is 0.326 e. The topological polar surface area (TPSA) is 245 Å². The van der Waals surface area contributed by atoms with Crippen molar-refractivity contribution in [2.24, 2.45) is 11.7 Å². The van der Waals surface area contributed by atoms with Crippen molar-refractivity contribution in [1.29, 1.82) is 0 Å². The Morgan fingerprint density at radius 3 is 1.78 bits per heavy atom. The van der Waals surface area contributed by atoms with Crippen LogP contribution >= 0.6 is 0 Å². The third-order valence-electron chi connectivity index (χ3n) is 5.30. The van der Waals surface area contributed by atoms with Gasteiger partial charge in [-0.25, -0.2) is 4.79 Å². The molecule has 0 aromatic heterocycles. The van der Waals surface area contributed by atoms with Crippen LogP contribution in [-0.4, -0.2) is 80.2 Å². The minimum atomic E-state index is -1.64. The Bertz CT molecular complexity index is 996. The van der Waals surface area contributed by atoms with Crippen molar-refractivity contribution < 1.29 is 49.2 Å². The van der Waals surface area contributed by atoms with Gasteiger partial charge in [0, 0.05) is 12.8 Å². The molecule has 0 fully saturated rings. The summed E-state index contributed by atoms with van der Waals surface area (Å²) in [4.78, 5) is 72.0. The van der Waals surface area contributed by atoms with Gasteiger partial charge in [-0.2, -0.15) is 0 Å². The molecule has 0 spiro atoms. The number of hydrogen-bond acceptors (Lipinski definition) is 8. The molecule has 0 bridgehead atoms. The normalized spacial score (nSPS) is 14.1. The zero-order chi connectivity index (χ0) is 28.3. The molecule has 204 valence electrons. The fourth-order valence-corrected chi connectivity index (χ4v) is 3.10. The maximum atomic E-state index is 12.9. The van der Waals surface area contributed by atoms with Gasteiger partial charge < -0.3 is 42.1 Å². The molecule has 3 amide bonds. The van der Waals surface area contributed by atoms with E-state index in [-0.39, 0.29) is 18.1 Å². The van der Waals surface area contributed by atoms with Crippen molar-refractivity contribution >= 4 is 35.6 Å². The predicted molar refractivity (Wildman–Crippen MR) is 127 cm³/mol. The molecule has 1 aromatic rings. The van der Waals surface area contributed by atoms with E-state index >= 15 is 0 Å². The van der Waals surface area contributed by atoms with Crippen LogP contribution in [0.3, 0.4) is 0 Å². The van der Waals surface area contributed by atoms with Crippen LogP contribution in [0.5, 0.6) is 5.75 Å². The standard InChI is InChI=1S/C23H32N4O10/c1-11(2)19(24)22(35)26-15(10-18(31)32)21(34)25-14(7-8-17(29)30)20(33)27-16(23(36)37)9-12-3-5-13(28)6-4-12/h3-6,11,14-16,19,28H,7-10,24H2,1-2H3,(H,25,34)(H,26,35)(H,27,33)(H,29,30)(H,31,32)(H,36,37). The van der Waals surface area contributed by atoms with E-state index in [4.69, 9.17) is 15.9 Å². The number of carboxylic acids is 3. The van der Waals surface area contributed by atoms with E-state index in [1.807, 2.05) is 0 Å². The average Bonchev–Trinajstić information content (AvgIpc) is 2.80. The van der Waals surface area contributed by atoms with Crippen molar-refractivity contribution in [3.63, 3.8) is 0 Å². The maximum absolute atomic E-state index is 12.9. The van der Waals surface area contributed by atoms with Gasteiger partial charge in [0.25, 0.3) is 0 Å². The molecule has 1 rings (SSSR count). The molecular formula is C23H32N4O10. The lowest BCUT2D eigenvalue weighted by Gasteiger charge is -2.25. The van der Waals surface area contributed by atoms with E-state index in [1.165, 1.54) is 24.3 Å². The number of carbonyl (C=O) groups is 6. The van der Waals surface area contributed by atoms with E-state index in [1.54, 1.807) is 13.8 Å². The monoisotopic (exact) mass is 524 g/mol. The molecular weight excluding hydrogens is 492 g/mol. The molecule has 0 aliphatic rings. The second kappa shape index (κ2) is 14.4. The van der Waals surface area contributed by atoms with Crippen molar-refractivity contribution in [2.75, 3.05) is 0 Å². The number of carboxylic acid groups (broad SMARTS) is 3. The summed E-state index contributed by atoms with van der Waals surface area (Å²) in [6, 6.07) is -0.169. The maximum Gasteiger partial charge on any atom is 0.326 e. The van der Waals surface area contributed by atoms with Gasteiger partial charge in [0.15, 0.2) is 0 Å². The van der Waals surface area contributed by atoms with E-state index in [0.29, 0.717) is 5.56 Å². The highest BCUT2D eigenvalue weighted by molar-refractivity contribution is 5.95. The van der Waals surface area contributed by atoms with Gasteiger partial charge in [-0.15, -0.1) is 0 Å². The molecule has 1 aromatic carbocycles. The highest BCUT2D eigenvalue weighted by Crippen LogP contribution is 2.12. The predicted octanol–water partition coefficient (Wildman–Crippen LogP) is -1.20. The minimum absolute atomic E-state index is 0.0477. The first-order valence-electron chi connectivity index (χ1n) is 11.3. The zero-order valence-corrected chi connectivity index (χ0v) is 20.3. The Labute approximate surface area is 212 Å². The van der Waals surface area contributed by atoms with Crippen molar-refractivity contribution in [1.82, 2.24) is 16.0 Å². The van der Waals surface area contributed by atoms with Crippen LogP contribution in [0, 0.1) is 5.92 Å². The minimum Gasteiger partial charge on any atom is -0.508 e. The Kier molecular flexibility index (Phi) is 12.0. The number of amides is 3. The largest absolute Gasteiger partial charge is 0.508 e. The van der Waals surface area contributed by atoms with Crippen LogP contribution in [0.1, 0.15) is 38.7 Å². The molecule has 0 saturated carbocycles. The first-order valence-corrected chi connectivity index (χ1v) is 11.3. The molecule has 0 aliphatic carbocycles. The van der Waals surface area contributed by atoms with Gasteiger partial charge in [0.2, 0.25) is 17.7 Å². The SMILES string of the molecule is CC(C)C(N)C(=O)NC(CC(=O)O)C(=O)NC(CCC(=O)O)C(=O)NC(Cc1ccc(O)cc1)C(=O)O. The Balaban J connectivity index is 3.07. The summed E-state index contributed by atoms with van der Waals surface area (Å²) in [5, 5.41) is 43.7. The molecule has 14 heteroatoms. The molecule has 0 heterocycles. The summed E-state index contributed by atoms with van der Waals surface area (Å²) >= 11 is 0. The van der Waals surface area contributed by atoms with Crippen LogP contribution in [0.25, 0.3) is 0 Å². The lowest BCUT2D eigenvalue weighted by atomic mass is 10.0. The van der Waals surface area contributed by atoms with E-state index in [0.717, 1.165) is 0 Å². The molecule has 0 aliphatic heterocycles. The number of nitrogens with one attached hydrogen (secondary N) is 3. The number of aromatic hydroxyl groups is 1. The van der Waals surface area contributed by atoms with E-state index < -0.39 is 79.1 Å². The van der Waals surface area contributed by atoms with Crippen LogP contribution in [0.2, 0.25) is 0 Å². The summed E-state index contributed by atoms with van der Waals surface area (Å²) < 4.78 is 0. The molecule has 4 atom stereocenters. The molecule has 9 N–H and O–H groups in total.